The van der Waals surface area contributed by atoms with Crippen LogP contribution in [-0.4, -0.2) is 26.0 Å². The zero-order chi connectivity index (χ0) is 22.2. The van der Waals surface area contributed by atoms with Gasteiger partial charge in [0.2, 0.25) is 0 Å². The average Bonchev–Trinajstić information content (AvgIpc) is 3.37. The number of hydrogen-bond donors (Lipinski definition) is 1. The lowest BCUT2D eigenvalue weighted by atomic mass is 10.1. The fraction of sp³-hybridized carbons (Fsp3) is 0.190. The lowest BCUT2D eigenvalue weighted by molar-refractivity contribution is -0.0964. The number of aromatic nitrogens is 3. The van der Waals surface area contributed by atoms with Crippen molar-refractivity contribution in [1.82, 2.24) is 14.5 Å². The number of anilines is 1. The van der Waals surface area contributed by atoms with Gasteiger partial charge >= 0.3 is 5.57 Å². The number of imidazole rings is 1. The number of hydrogen-bond acceptors (Lipinski definition) is 5. The van der Waals surface area contributed by atoms with E-state index in [1.807, 2.05) is 0 Å². The Bertz CT molecular complexity index is 1220. The maximum atomic E-state index is 12.9. The van der Waals surface area contributed by atoms with Gasteiger partial charge < -0.3 is 14.6 Å². The zero-order valence-corrected chi connectivity index (χ0v) is 18.0. The van der Waals surface area contributed by atoms with Crippen LogP contribution in [0.2, 0.25) is 0 Å². The predicted molar refractivity (Wildman–Crippen MR) is 117 cm³/mol. The minimum Gasteiger partial charge on any atom is -0.420 e. The maximum absolute atomic E-state index is 12.9. The molecule has 160 valence electrons. The van der Waals surface area contributed by atoms with Gasteiger partial charge in [-0.1, -0.05) is 0 Å². The molecular formula is C21H17ClF2N4O2S. The summed E-state index contributed by atoms with van der Waals surface area (Å²) in [6.45, 7) is 4.12. The quantitative estimate of drug-likeness (QED) is 0.348. The minimum absolute atomic E-state index is 0.119. The van der Waals surface area contributed by atoms with Crippen LogP contribution in [0, 0.1) is 0 Å². The van der Waals surface area contributed by atoms with Crippen LogP contribution < -0.4 is 10.1 Å². The lowest BCUT2D eigenvalue weighted by Crippen LogP contribution is -2.16. The number of nitrogens with one attached hydrogen (secondary N) is 1. The Labute approximate surface area is 185 Å². The van der Waals surface area contributed by atoms with E-state index in [-0.39, 0.29) is 17.7 Å². The molecule has 4 aromatic rings. The Morgan fingerprint density at radius 2 is 2.00 bits per heavy atom. The standard InChI is InChI=1S/C21H17ClF2N4O2S/c1-12(2)28-10-26-17-8-13(7-16(19(17)28)18-9-25-11-31-18)20(29)27-14-3-5-15(6-4-14)30-21(22,23)24/h3-12H,1-2H3,(H,27,29). The number of rotatable bonds is 6. The summed E-state index contributed by atoms with van der Waals surface area (Å²) < 4.78 is 31.8. The molecule has 0 spiro atoms. The number of thiazole rings is 1. The predicted octanol–water partition coefficient (Wildman–Crippen LogP) is 6.16. The number of carbonyl (C=O) groups excluding carboxylic acids is 1. The van der Waals surface area contributed by atoms with Gasteiger partial charge in [0.25, 0.3) is 5.91 Å². The molecule has 1 amide bonds. The molecule has 0 saturated carbocycles. The van der Waals surface area contributed by atoms with Crippen molar-refractivity contribution < 1.29 is 18.3 Å². The summed E-state index contributed by atoms with van der Waals surface area (Å²) in [7, 11) is 0. The van der Waals surface area contributed by atoms with Crippen LogP contribution in [-0.2, 0) is 0 Å². The van der Waals surface area contributed by atoms with Crippen molar-refractivity contribution in [1.29, 1.82) is 0 Å². The van der Waals surface area contributed by atoms with Gasteiger partial charge in [0.05, 0.1) is 27.7 Å². The number of halogens is 3. The summed E-state index contributed by atoms with van der Waals surface area (Å²) in [5.74, 6) is -0.478. The molecule has 0 aliphatic carbocycles. The van der Waals surface area contributed by atoms with Crippen molar-refractivity contribution in [3.05, 3.63) is 60.0 Å². The smallest absolute Gasteiger partial charge is 0.420 e. The molecule has 2 aromatic heterocycles. The highest BCUT2D eigenvalue weighted by Crippen LogP contribution is 2.34. The first-order chi connectivity index (χ1) is 14.7. The number of fused-ring (bicyclic) bond motifs is 1. The third kappa shape index (κ3) is 4.67. The van der Waals surface area contributed by atoms with E-state index in [0.717, 1.165) is 16.0 Å². The molecule has 0 atom stereocenters. The topological polar surface area (TPSA) is 69.0 Å². The molecule has 0 bridgehead atoms. The number of amides is 1. The molecule has 0 saturated heterocycles. The minimum atomic E-state index is -3.80. The van der Waals surface area contributed by atoms with E-state index in [0.29, 0.717) is 16.8 Å². The van der Waals surface area contributed by atoms with Gasteiger partial charge in [0.1, 0.15) is 5.75 Å². The summed E-state index contributed by atoms with van der Waals surface area (Å²) >= 11 is 6.24. The number of carbonyl (C=O) groups is 1. The third-order valence-electron chi connectivity index (χ3n) is 4.53. The summed E-state index contributed by atoms with van der Waals surface area (Å²) in [6, 6.07) is 9.21. The Morgan fingerprint density at radius 1 is 1.26 bits per heavy atom. The molecule has 1 N–H and O–H groups in total. The summed E-state index contributed by atoms with van der Waals surface area (Å²) in [5.41, 5.74) is 1.26. The third-order valence-corrected chi connectivity index (χ3v) is 5.41. The molecule has 0 fully saturated rings. The van der Waals surface area contributed by atoms with Crippen LogP contribution >= 0.6 is 22.9 Å². The average molecular weight is 463 g/mol. The number of ether oxygens (including phenoxy) is 1. The van der Waals surface area contributed by atoms with E-state index >= 15 is 0 Å². The van der Waals surface area contributed by atoms with E-state index in [2.05, 4.69) is 38.4 Å². The molecule has 2 heterocycles. The maximum Gasteiger partial charge on any atom is 0.487 e. The van der Waals surface area contributed by atoms with Gasteiger partial charge in [-0.2, -0.15) is 0 Å². The fourth-order valence-corrected chi connectivity index (χ4v) is 3.90. The van der Waals surface area contributed by atoms with Crippen molar-refractivity contribution in [2.45, 2.75) is 25.5 Å². The second kappa shape index (κ2) is 8.24. The first-order valence-corrected chi connectivity index (χ1v) is 10.5. The lowest BCUT2D eigenvalue weighted by Gasteiger charge is -2.13. The second-order valence-corrected chi connectivity index (χ2v) is 8.36. The van der Waals surface area contributed by atoms with Crippen LogP contribution in [0.5, 0.6) is 5.75 Å². The molecule has 10 heteroatoms. The van der Waals surface area contributed by atoms with Crippen LogP contribution in [0.1, 0.15) is 30.2 Å². The SMILES string of the molecule is CC(C)n1cnc2cc(C(=O)Nc3ccc(OC(F)(F)Cl)cc3)cc(-c3cncs3)c21. The number of benzene rings is 2. The van der Waals surface area contributed by atoms with E-state index in [1.54, 1.807) is 30.2 Å². The Balaban J connectivity index is 1.66. The Hall–Kier alpha value is -3.04. The van der Waals surface area contributed by atoms with Gasteiger partial charge in [-0.25, -0.2) is 4.98 Å². The van der Waals surface area contributed by atoms with Crippen molar-refractivity contribution >= 4 is 45.6 Å². The largest absolute Gasteiger partial charge is 0.487 e. The van der Waals surface area contributed by atoms with Gasteiger partial charge in [-0.15, -0.1) is 20.1 Å². The van der Waals surface area contributed by atoms with Crippen molar-refractivity contribution in [3.63, 3.8) is 0 Å². The van der Waals surface area contributed by atoms with Crippen LogP contribution in [0.3, 0.4) is 0 Å². The van der Waals surface area contributed by atoms with Crippen molar-refractivity contribution in [2.24, 2.45) is 0 Å². The molecule has 0 radical (unpaired) electrons. The molecule has 6 nitrogen and oxygen atoms in total. The summed E-state index contributed by atoms with van der Waals surface area (Å²) in [5, 5.41) is 2.75. The molecule has 31 heavy (non-hydrogen) atoms. The normalized spacial score (nSPS) is 11.8. The van der Waals surface area contributed by atoms with Gasteiger partial charge in [0, 0.05) is 40.7 Å². The van der Waals surface area contributed by atoms with Crippen LogP contribution in [0.25, 0.3) is 21.5 Å². The van der Waals surface area contributed by atoms with E-state index in [1.165, 1.54) is 35.6 Å². The second-order valence-electron chi connectivity index (χ2n) is 7.03. The monoisotopic (exact) mass is 462 g/mol. The fourth-order valence-electron chi connectivity index (χ4n) is 3.17. The highest BCUT2D eigenvalue weighted by molar-refractivity contribution is 7.13. The van der Waals surface area contributed by atoms with E-state index in [4.69, 9.17) is 11.6 Å². The van der Waals surface area contributed by atoms with Crippen molar-refractivity contribution in [3.8, 4) is 16.2 Å². The molecule has 4 rings (SSSR count). The summed E-state index contributed by atoms with van der Waals surface area (Å²) in [4.78, 5) is 22.5. The molecule has 0 aliphatic heterocycles. The Morgan fingerprint density at radius 3 is 2.61 bits per heavy atom. The highest BCUT2D eigenvalue weighted by atomic mass is 35.5. The van der Waals surface area contributed by atoms with Gasteiger partial charge in [-0.3, -0.25) is 9.78 Å². The van der Waals surface area contributed by atoms with E-state index in [9.17, 15) is 13.6 Å². The molecule has 2 aromatic carbocycles. The number of nitrogens with zero attached hydrogens (tertiary/aromatic N) is 3. The van der Waals surface area contributed by atoms with Crippen LogP contribution in [0.4, 0.5) is 14.5 Å². The highest BCUT2D eigenvalue weighted by Gasteiger charge is 2.27. The number of alkyl halides is 3. The molecule has 0 unspecified atom stereocenters. The zero-order valence-electron chi connectivity index (χ0n) is 16.5. The van der Waals surface area contributed by atoms with Crippen LogP contribution in [0.15, 0.2) is 54.4 Å². The van der Waals surface area contributed by atoms with Gasteiger partial charge in [-0.05, 0) is 50.2 Å². The first-order valence-electron chi connectivity index (χ1n) is 9.28. The molecule has 0 aliphatic rings. The molecular weight excluding hydrogens is 446 g/mol. The summed E-state index contributed by atoms with van der Waals surface area (Å²) in [6.07, 6.45) is 3.51. The Kier molecular flexibility index (Phi) is 5.63. The first kappa shape index (κ1) is 21.2. The van der Waals surface area contributed by atoms with Gasteiger partial charge in [0.15, 0.2) is 0 Å². The van der Waals surface area contributed by atoms with Crippen molar-refractivity contribution in [2.75, 3.05) is 5.32 Å². The van der Waals surface area contributed by atoms with E-state index < -0.39 is 5.57 Å².